The highest BCUT2D eigenvalue weighted by Crippen LogP contribution is 2.26. The summed E-state index contributed by atoms with van der Waals surface area (Å²) in [5, 5.41) is 0. The molecule has 2 rings (SSSR count). The first-order chi connectivity index (χ1) is 9.33. The number of nitrogens with zero attached hydrogens (tertiary/aromatic N) is 2. The van der Waals surface area contributed by atoms with Gasteiger partial charge < -0.3 is 9.47 Å². The quantitative estimate of drug-likeness (QED) is 0.765. The molecule has 4 nitrogen and oxygen atoms in total. The molecule has 0 saturated carbocycles. The van der Waals surface area contributed by atoms with E-state index >= 15 is 0 Å². The van der Waals surface area contributed by atoms with E-state index in [1.165, 1.54) is 32.4 Å². The summed E-state index contributed by atoms with van der Waals surface area (Å²) in [5.41, 5.74) is 1.04. The topological polar surface area (TPSA) is 34.1 Å². The Balaban J connectivity index is 1.94. The molecule has 0 amide bonds. The number of aliphatic imine (C=N–C) groups is 1. The van der Waals surface area contributed by atoms with Crippen molar-refractivity contribution in [1.29, 1.82) is 0 Å². The first kappa shape index (κ1) is 13.9. The van der Waals surface area contributed by atoms with E-state index in [-0.39, 0.29) is 0 Å². The summed E-state index contributed by atoms with van der Waals surface area (Å²) < 4.78 is 10.5. The molecular formula is C15H22N2O2. The number of likely N-dealkylation sites (tertiary alicyclic amines) is 1. The molecule has 1 heterocycles. The summed E-state index contributed by atoms with van der Waals surface area (Å²) in [6.45, 7) is 3.13. The molecule has 0 bridgehead atoms. The first-order valence-electron chi connectivity index (χ1n) is 6.77. The summed E-state index contributed by atoms with van der Waals surface area (Å²) in [7, 11) is 3.29. The highest BCUT2D eigenvalue weighted by atomic mass is 16.5. The van der Waals surface area contributed by atoms with Crippen LogP contribution in [0.4, 0.5) is 0 Å². The molecular weight excluding hydrogens is 240 g/mol. The van der Waals surface area contributed by atoms with Gasteiger partial charge in [0.25, 0.3) is 0 Å². The summed E-state index contributed by atoms with van der Waals surface area (Å²) in [6, 6.07) is 5.83. The molecule has 0 atom stereocenters. The Labute approximate surface area is 115 Å². The van der Waals surface area contributed by atoms with Crippen LogP contribution in [-0.2, 0) is 0 Å². The van der Waals surface area contributed by atoms with E-state index in [0.717, 1.165) is 23.7 Å². The summed E-state index contributed by atoms with van der Waals surface area (Å²) in [6.07, 6.45) is 5.85. The molecule has 1 saturated heterocycles. The van der Waals surface area contributed by atoms with Gasteiger partial charge in [0.15, 0.2) is 11.5 Å². The largest absolute Gasteiger partial charge is 0.493 e. The van der Waals surface area contributed by atoms with Crippen LogP contribution in [0.2, 0.25) is 0 Å². The minimum Gasteiger partial charge on any atom is -0.493 e. The lowest BCUT2D eigenvalue weighted by Crippen LogP contribution is -2.29. The molecule has 19 heavy (non-hydrogen) atoms. The Morgan fingerprint density at radius 1 is 1.11 bits per heavy atom. The second-order valence-corrected chi connectivity index (χ2v) is 4.75. The van der Waals surface area contributed by atoms with E-state index in [1.807, 2.05) is 24.4 Å². The SMILES string of the molecule is COc1ccc(C=NCN2CCCCC2)cc1OC. The van der Waals surface area contributed by atoms with Gasteiger partial charge >= 0.3 is 0 Å². The van der Waals surface area contributed by atoms with Crippen molar-refractivity contribution in [2.45, 2.75) is 19.3 Å². The molecule has 1 aromatic carbocycles. The number of hydrogen-bond donors (Lipinski definition) is 0. The Hall–Kier alpha value is -1.55. The lowest BCUT2D eigenvalue weighted by Gasteiger charge is -2.24. The summed E-state index contributed by atoms with van der Waals surface area (Å²) >= 11 is 0. The van der Waals surface area contributed by atoms with Crippen molar-refractivity contribution in [3.63, 3.8) is 0 Å². The summed E-state index contributed by atoms with van der Waals surface area (Å²) in [5.74, 6) is 1.49. The predicted molar refractivity (Wildman–Crippen MR) is 77.4 cm³/mol. The minimum atomic E-state index is 0.740. The lowest BCUT2D eigenvalue weighted by molar-refractivity contribution is 0.236. The number of hydrogen-bond acceptors (Lipinski definition) is 4. The van der Waals surface area contributed by atoms with Gasteiger partial charge in [-0.15, -0.1) is 0 Å². The molecule has 1 aromatic rings. The average Bonchev–Trinajstić information content (AvgIpc) is 2.48. The highest BCUT2D eigenvalue weighted by Gasteiger charge is 2.08. The van der Waals surface area contributed by atoms with Crippen LogP contribution in [0.1, 0.15) is 24.8 Å². The van der Waals surface area contributed by atoms with Gasteiger partial charge in [-0.25, -0.2) is 0 Å². The van der Waals surface area contributed by atoms with Crippen LogP contribution in [0.3, 0.4) is 0 Å². The fraction of sp³-hybridized carbons (Fsp3) is 0.533. The molecule has 4 heteroatoms. The Morgan fingerprint density at radius 3 is 2.53 bits per heavy atom. The van der Waals surface area contributed by atoms with Crippen molar-refractivity contribution < 1.29 is 9.47 Å². The van der Waals surface area contributed by atoms with Crippen molar-refractivity contribution in [3.8, 4) is 11.5 Å². The molecule has 0 aromatic heterocycles. The van der Waals surface area contributed by atoms with Gasteiger partial charge in [0.05, 0.1) is 20.9 Å². The number of piperidine rings is 1. The molecule has 0 unspecified atom stereocenters. The van der Waals surface area contributed by atoms with Gasteiger partial charge in [0, 0.05) is 6.21 Å². The molecule has 0 spiro atoms. The highest BCUT2D eigenvalue weighted by molar-refractivity contribution is 5.80. The Bertz CT molecular complexity index is 426. The molecule has 104 valence electrons. The molecule has 1 fully saturated rings. The third kappa shape index (κ3) is 3.96. The maximum Gasteiger partial charge on any atom is 0.161 e. The summed E-state index contributed by atoms with van der Waals surface area (Å²) in [4.78, 5) is 6.89. The maximum atomic E-state index is 5.28. The Morgan fingerprint density at radius 2 is 1.84 bits per heavy atom. The van der Waals surface area contributed by atoms with Crippen LogP contribution >= 0.6 is 0 Å². The first-order valence-corrected chi connectivity index (χ1v) is 6.77. The van der Waals surface area contributed by atoms with Gasteiger partial charge in [-0.3, -0.25) is 9.89 Å². The van der Waals surface area contributed by atoms with Crippen molar-refractivity contribution >= 4 is 6.21 Å². The molecule has 0 N–H and O–H groups in total. The second-order valence-electron chi connectivity index (χ2n) is 4.75. The number of rotatable bonds is 5. The van der Waals surface area contributed by atoms with Gasteiger partial charge in [0.1, 0.15) is 0 Å². The van der Waals surface area contributed by atoms with Crippen LogP contribution in [0.25, 0.3) is 0 Å². The normalized spacial score (nSPS) is 16.7. The van der Waals surface area contributed by atoms with E-state index in [9.17, 15) is 0 Å². The van der Waals surface area contributed by atoms with Crippen molar-refractivity contribution in [1.82, 2.24) is 4.90 Å². The molecule has 0 aliphatic carbocycles. The van der Waals surface area contributed by atoms with Crippen LogP contribution in [0.15, 0.2) is 23.2 Å². The third-order valence-corrected chi connectivity index (χ3v) is 3.38. The Kier molecular flexibility index (Phi) is 5.21. The van der Waals surface area contributed by atoms with Gasteiger partial charge in [0.2, 0.25) is 0 Å². The fourth-order valence-electron chi connectivity index (χ4n) is 2.30. The standard InChI is InChI=1S/C15H22N2O2/c1-18-14-7-6-13(10-15(14)19-2)11-16-12-17-8-4-3-5-9-17/h6-7,10-11H,3-5,8-9,12H2,1-2H3. The van der Waals surface area contributed by atoms with Crippen LogP contribution in [-0.4, -0.2) is 45.1 Å². The van der Waals surface area contributed by atoms with Gasteiger partial charge in [-0.2, -0.15) is 0 Å². The second kappa shape index (κ2) is 7.14. The molecule has 0 radical (unpaired) electrons. The monoisotopic (exact) mass is 262 g/mol. The van der Waals surface area contributed by atoms with E-state index in [4.69, 9.17) is 9.47 Å². The maximum absolute atomic E-state index is 5.28. The van der Waals surface area contributed by atoms with Crippen LogP contribution < -0.4 is 9.47 Å². The zero-order valence-electron chi connectivity index (χ0n) is 11.8. The smallest absolute Gasteiger partial charge is 0.161 e. The van der Waals surface area contributed by atoms with Gasteiger partial charge in [-0.05, 0) is 49.7 Å². The van der Waals surface area contributed by atoms with Crippen molar-refractivity contribution in [3.05, 3.63) is 23.8 Å². The van der Waals surface area contributed by atoms with E-state index in [1.54, 1.807) is 14.2 Å². The zero-order valence-corrected chi connectivity index (χ0v) is 11.8. The van der Waals surface area contributed by atoms with E-state index in [0.29, 0.717) is 0 Å². The van der Waals surface area contributed by atoms with Crippen molar-refractivity contribution in [2.24, 2.45) is 4.99 Å². The van der Waals surface area contributed by atoms with Gasteiger partial charge in [-0.1, -0.05) is 6.42 Å². The fourth-order valence-corrected chi connectivity index (χ4v) is 2.30. The average molecular weight is 262 g/mol. The molecule has 1 aliphatic heterocycles. The van der Waals surface area contributed by atoms with E-state index < -0.39 is 0 Å². The van der Waals surface area contributed by atoms with E-state index in [2.05, 4.69) is 9.89 Å². The van der Waals surface area contributed by atoms with Crippen molar-refractivity contribution in [2.75, 3.05) is 34.0 Å². The predicted octanol–water partition coefficient (Wildman–Crippen LogP) is 2.57. The van der Waals surface area contributed by atoms with Crippen LogP contribution in [0, 0.1) is 0 Å². The zero-order chi connectivity index (χ0) is 13.5. The number of ether oxygens (including phenoxy) is 2. The molecule has 1 aliphatic rings. The number of benzene rings is 1. The minimum absolute atomic E-state index is 0.740. The number of methoxy groups -OCH3 is 2. The third-order valence-electron chi connectivity index (χ3n) is 3.38. The lowest BCUT2D eigenvalue weighted by atomic mass is 10.1. The van der Waals surface area contributed by atoms with Crippen LogP contribution in [0.5, 0.6) is 11.5 Å².